The summed E-state index contributed by atoms with van der Waals surface area (Å²) in [7, 11) is 0. The molecule has 0 radical (unpaired) electrons. The van der Waals surface area contributed by atoms with E-state index in [2.05, 4.69) is 22.6 Å². The Hall–Kier alpha value is -0.740. The largest absolute Gasteiger partial charge is 0.381 e. The number of halogens is 1. The summed E-state index contributed by atoms with van der Waals surface area (Å²) in [5.74, 6) is 1.07. The van der Waals surface area contributed by atoms with Gasteiger partial charge in [0.2, 0.25) is 0 Å². The van der Waals surface area contributed by atoms with Crippen molar-refractivity contribution in [2.45, 2.75) is 6.42 Å². The first-order chi connectivity index (χ1) is 6.24. The second-order valence-corrected chi connectivity index (χ2v) is 3.19. The highest BCUT2D eigenvalue weighted by Gasteiger charge is 1.97. The van der Waals surface area contributed by atoms with Gasteiger partial charge in [-0.15, -0.1) is 0 Å². The average molecular weight is 216 g/mol. The van der Waals surface area contributed by atoms with Gasteiger partial charge in [-0.3, -0.25) is 0 Å². The Kier molecular flexibility index (Phi) is 4.05. The molecule has 70 valence electrons. The molecule has 3 nitrogen and oxygen atoms in total. The van der Waals surface area contributed by atoms with Crippen molar-refractivity contribution in [1.29, 1.82) is 0 Å². The molecule has 0 saturated carbocycles. The van der Waals surface area contributed by atoms with E-state index >= 15 is 0 Å². The second-order valence-electron chi connectivity index (χ2n) is 2.39. The monoisotopic (exact) mass is 215 g/mol. The van der Waals surface area contributed by atoms with E-state index in [1.54, 1.807) is 6.20 Å². The van der Waals surface area contributed by atoms with Gasteiger partial charge in [-0.2, -0.15) is 12.6 Å². The summed E-state index contributed by atoms with van der Waals surface area (Å²) >= 11 is 9.75. The molecule has 1 aromatic heterocycles. The van der Waals surface area contributed by atoms with Crippen LogP contribution in [-0.2, 0) is 0 Å². The van der Waals surface area contributed by atoms with Crippen molar-refractivity contribution in [3.63, 3.8) is 0 Å². The first-order valence-electron chi connectivity index (χ1n) is 3.79. The number of nitrogens with two attached hydrogens (primary N) is 1. The van der Waals surface area contributed by atoms with Crippen molar-refractivity contribution in [1.82, 2.24) is 9.97 Å². The van der Waals surface area contributed by atoms with Crippen LogP contribution in [-0.4, -0.2) is 15.7 Å². The molecule has 0 aliphatic rings. The number of rotatable bonds is 3. The third-order valence-electron chi connectivity index (χ3n) is 1.36. The quantitative estimate of drug-likeness (QED) is 0.759. The molecular weight excluding hydrogens is 206 g/mol. The molecule has 0 fully saturated rings. The Morgan fingerprint density at radius 2 is 2.38 bits per heavy atom. The molecule has 13 heavy (non-hydrogen) atoms. The fourth-order valence-electron chi connectivity index (χ4n) is 0.747. The Morgan fingerprint density at radius 1 is 1.62 bits per heavy atom. The van der Waals surface area contributed by atoms with Crippen LogP contribution >= 0.6 is 24.2 Å². The van der Waals surface area contributed by atoms with Crippen LogP contribution in [0.25, 0.3) is 6.08 Å². The van der Waals surface area contributed by atoms with Crippen LogP contribution in [0.15, 0.2) is 12.3 Å². The molecular formula is C8H10ClN3S. The number of thiol groups is 1. The fourth-order valence-corrected chi connectivity index (χ4v) is 1.04. The summed E-state index contributed by atoms with van der Waals surface area (Å²) in [4.78, 5) is 7.88. The summed E-state index contributed by atoms with van der Waals surface area (Å²) in [6.45, 7) is 0. The van der Waals surface area contributed by atoms with E-state index in [1.165, 1.54) is 0 Å². The summed E-state index contributed by atoms with van der Waals surface area (Å²) in [6.07, 6.45) is 6.28. The first kappa shape index (κ1) is 10.3. The van der Waals surface area contributed by atoms with E-state index < -0.39 is 0 Å². The Labute approximate surface area is 87.4 Å². The minimum atomic E-state index is 0.244. The van der Waals surface area contributed by atoms with Crippen LogP contribution < -0.4 is 5.73 Å². The van der Waals surface area contributed by atoms with Gasteiger partial charge in [-0.25, -0.2) is 9.97 Å². The third-order valence-corrected chi connectivity index (χ3v) is 1.90. The number of allylic oxidation sites excluding steroid dienone is 1. The van der Waals surface area contributed by atoms with Gasteiger partial charge in [0.25, 0.3) is 0 Å². The predicted octanol–water partition coefficient (Wildman–Crippen LogP) is 2.05. The highest BCUT2D eigenvalue weighted by Crippen LogP contribution is 2.12. The van der Waals surface area contributed by atoms with Crippen molar-refractivity contribution < 1.29 is 0 Å². The van der Waals surface area contributed by atoms with Gasteiger partial charge in [0.1, 0.15) is 0 Å². The van der Waals surface area contributed by atoms with Gasteiger partial charge in [-0.1, -0.05) is 17.7 Å². The molecule has 0 aliphatic heterocycles. The molecule has 0 amide bonds. The standard InChI is InChI=1S/C8H10ClN3S/c9-7-8(10)11-5-6(12-7)3-1-2-4-13/h1,3,5,13H,2,4H2,(H2,10,11). The zero-order valence-electron chi connectivity index (χ0n) is 6.94. The molecule has 0 atom stereocenters. The number of hydrogen-bond donors (Lipinski definition) is 2. The SMILES string of the molecule is Nc1ncc(C=CCCS)nc1Cl. The lowest BCUT2D eigenvalue weighted by atomic mass is 10.3. The predicted molar refractivity (Wildman–Crippen MR) is 59.0 cm³/mol. The fraction of sp³-hybridized carbons (Fsp3) is 0.250. The van der Waals surface area contributed by atoms with Crippen LogP contribution in [0.2, 0.25) is 5.15 Å². The topological polar surface area (TPSA) is 51.8 Å². The summed E-state index contributed by atoms with van der Waals surface area (Å²) in [5.41, 5.74) is 6.11. The van der Waals surface area contributed by atoms with E-state index in [1.807, 2.05) is 12.2 Å². The Bertz CT molecular complexity index is 314. The van der Waals surface area contributed by atoms with Crippen molar-refractivity contribution in [2.24, 2.45) is 0 Å². The number of aromatic nitrogens is 2. The smallest absolute Gasteiger partial charge is 0.171 e. The lowest BCUT2D eigenvalue weighted by Gasteiger charge is -1.96. The van der Waals surface area contributed by atoms with Crippen molar-refractivity contribution >= 4 is 36.1 Å². The van der Waals surface area contributed by atoms with E-state index in [4.69, 9.17) is 17.3 Å². The van der Waals surface area contributed by atoms with Gasteiger partial charge in [0, 0.05) is 0 Å². The Balaban J connectivity index is 2.73. The van der Waals surface area contributed by atoms with Crippen LogP contribution in [0, 0.1) is 0 Å². The van der Waals surface area contributed by atoms with Crippen molar-refractivity contribution in [3.05, 3.63) is 23.1 Å². The minimum absolute atomic E-state index is 0.244. The molecule has 0 aliphatic carbocycles. The zero-order valence-corrected chi connectivity index (χ0v) is 8.59. The lowest BCUT2D eigenvalue weighted by molar-refractivity contribution is 1.18. The molecule has 1 heterocycles. The van der Waals surface area contributed by atoms with Crippen molar-refractivity contribution in [2.75, 3.05) is 11.5 Å². The second kappa shape index (κ2) is 5.09. The lowest BCUT2D eigenvalue weighted by Crippen LogP contribution is -1.94. The van der Waals surface area contributed by atoms with Crippen LogP contribution in [0.1, 0.15) is 12.1 Å². The maximum Gasteiger partial charge on any atom is 0.171 e. The van der Waals surface area contributed by atoms with E-state index in [0.29, 0.717) is 5.69 Å². The van der Waals surface area contributed by atoms with E-state index in [-0.39, 0.29) is 11.0 Å². The number of hydrogen-bond acceptors (Lipinski definition) is 4. The maximum atomic E-state index is 5.68. The van der Waals surface area contributed by atoms with Crippen LogP contribution in [0.5, 0.6) is 0 Å². The molecule has 0 saturated heterocycles. The number of nitrogen functional groups attached to an aromatic ring is 1. The summed E-state index contributed by atoms with van der Waals surface area (Å²) < 4.78 is 0. The molecule has 5 heteroatoms. The van der Waals surface area contributed by atoms with Crippen LogP contribution in [0.3, 0.4) is 0 Å². The van der Waals surface area contributed by atoms with Gasteiger partial charge in [0.15, 0.2) is 11.0 Å². The first-order valence-corrected chi connectivity index (χ1v) is 4.80. The summed E-state index contributed by atoms with van der Waals surface area (Å²) in [5, 5.41) is 0.244. The molecule has 0 aromatic carbocycles. The summed E-state index contributed by atoms with van der Waals surface area (Å²) in [6, 6.07) is 0. The van der Waals surface area contributed by atoms with E-state index in [0.717, 1.165) is 12.2 Å². The normalized spacial score (nSPS) is 10.9. The maximum absolute atomic E-state index is 5.68. The van der Waals surface area contributed by atoms with Crippen LogP contribution in [0.4, 0.5) is 5.82 Å². The van der Waals surface area contributed by atoms with Gasteiger partial charge in [-0.05, 0) is 18.2 Å². The molecule has 1 rings (SSSR count). The van der Waals surface area contributed by atoms with Crippen molar-refractivity contribution in [3.8, 4) is 0 Å². The molecule has 1 aromatic rings. The van der Waals surface area contributed by atoms with Gasteiger partial charge < -0.3 is 5.73 Å². The highest BCUT2D eigenvalue weighted by molar-refractivity contribution is 7.80. The molecule has 0 unspecified atom stereocenters. The molecule has 2 N–H and O–H groups in total. The zero-order chi connectivity index (χ0) is 9.68. The Morgan fingerprint density at radius 3 is 3.00 bits per heavy atom. The molecule has 0 bridgehead atoms. The highest BCUT2D eigenvalue weighted by atomic mass is 35.5. The number of nitrogens with zero attached hydrogens (tertiary/aromatic N) is 2. The van der Waals surface area contributed by atoms with E-state index in [9.17, 15) is 0 Å². The number of anilines is 1. The average Bonchev–Trinajstić information content (AvgIpc) is 2.12. The van der Waals surface area contributed by atoms with Gasteiger partial charge in [0.05, 0.1) is 11.9 Å². The van der Waals surface area contributed by atoms with Gasteiger partial charge >= 0.3 is 0 Å². The third kappa shape index (κ3) is 3.24. The molecule has 0 spiro atoms. The minimum Gasteiger partial charge on any atom is -0.381 e.